The summed E-state index contributed by atoms with van der Waals surface area (Å²) < 4.78 is 10.3. The first-order valence-electron chi connectivity index (χ1n) is 8.99. The highest BCUT2D eigenvalue weighted by atomic mass is 16.5. The first-order valence-corrected chi connectivity index (χ1v) is 8.99. The molecule has 1 saturated heterocycles. The number of ether oxygens (including phenoxy) is 2. The van der Waals surface area contributed by atoms with Crippen molar-refractivity contribution in [1.82, 2.24) is 9.80 Å². The molecule has 0 bridgehead atoms. The Morgan fingerprint density at radius 2 is 1.89 bits per heavy atom. The van der Waals surface area contributed by atoms with Gasteiger partial charge in [0.2, 0.25) is 11.8 Å². The number of carbonyl (C=O) groups excluding carboxylic acids is 2. The Hall–Kier alpha value is -2.81. The second-order valence-corrected chi connectivity index (χ2v) is 6.94. The van der Waals surface area contributed by atoms with E-state index in [9.17, 15) is 19.5 Å². The van der Waals surface area contributed by atoms with Crippen LogP contribution in [0.3, 0.4) is 0 Å². The minimum absolute atomic E-state index is 0.0651. The number of methoxy groups -OCH3 is 2. The lowest BCUT2D eigenvalue weighted by Gasteiger charge is -2.18. The van der Waals surface area contributed by atoms with E-state index in [2.05, 4.69) is 5.32 Å². The molecule has 0 aliphatic carbocycles. The van der Waals surface area contributed by atoms with Crippen molar-refractivity contribution in [2.45, 2.75) is 12.8 Å². The molecule has 0 radical (unpaired) electrons. The predicted octanol–water partition coefficient (Wildman–Crippen LogP) is 1.14. The summed E-state index contributed by atoms with van der Waals surface area (Å²) in [6.07, 6.45) is 0.940. The number of carbonyl (C=O) groups is 3. The van der Waals surface area contributed by atoms with Gasteiger partial charge in [-0.3, -0.25) is 9.59 Å². The Bertz CT molecular complexity index is 749. The number of rotatable bonds is 9. The van der Waals surface area contributed by atoms with E-state index >= 15 is 0 Å². The summed E-state index contributed by atoms with van der Waals surface area (Å²) in [4.78, 5) is 40.1. The molecule has 2 N–H and O–H groups in total. The van der Waals surface area contributed by atoms with Gasteiger partial charge < -0.3 is 29.7 Å². The van der Waals surface area contributed by atoms with Gasteiger partial charge in [-0.05, 0) is 27.1 Å². The lowest BCUT2D eigenvalue weighted by atomic mass is 10.1. The zero-order chi connectivity index (χ0) is 20.8. The van der Waals surface area contributed by atoms with Crippen molar-refractivity contribution in [2.24, 2.45) is 5.92 Å². The van der Waals surface area contributed by atoms with Crippen LogP contribution >= 0.6 is 0 Å². The zero-order valence-electron chi connectivity index (χ0n) is 16.7. The third-order valence-electron chi connectivity index (χ3n) is 4.63. The van der Waals surface area contributed by atoms with Crippen LogP contribution in [0.25, 0.3) is 0 Å². The molecule has 0 spiro atoms. The number of nitrogens with one attached hydrogen (secondary N) is 1. The summed E-state index contributed by atoms with van der Waals surface area (Å²) in [5, 5.41) is 12.1. The molecule has 2 rings (SSSR count). The van der Waals surface area contributed by atoms with Gasteiger partial charge in [-0.25, -0.2) is 4.79 Å². The largest absolute Gasteiger partial charge is 0.493 e. The normalized spacial score (nSPS) is 16.4. The van der Waals surface area contributed by atoms with Gasteiger partial charge in [-0.1, -0.05) is 0 Å². The second-order valence-electron chi connectivity index (χ2n) is 6.94. The van der Waals surface area contributed by atoms with Crippen molar-refractivity contribution >= 4 is 23.5 Å². The fourth-order valence-electron chi connectivity index (χ4n) is 3.14. The summed E-state index contributed by atoms with van der Waals surface area (Å²) in [5.74, 6) is -1.63. The van der Waals surface area contributed by atoms with E-state index in [4.69, 9.17) is 9.47 Å². The smallest absolute Gasteiger partial charge is 0.337 e. The molecule has 1 fully saturated rings. The fourth-order valence-corrected chi connectivity index (χ4v) is 3.14. The van der Waals surface area contributed by atoms with Crippen molar-refractivity contribution in [2.75, 3.05) is 53.3 Å². The van der Waals surface area contributed by atoms with Crippen LogP contribution in [0.15, 0.2) is 12.1 Å². The van der Waals surface area contributed by atoms with Crippen LogP contribution in [0.4, 0.5) is 5.69 Å². The van der Waals surface area contributed by atoms with E-state index in [1.165, 1.54) is 26.4 Å². The minimum atomic E-state index is -1.20. The van der Waals surface area contributed by atoms with Gasteiger partial charge >= 0.3 is 5.97 Å². The van der Waals surface area contributed by atoms with E-state index < -0.39 is 17.8 Å². The summed E-state index contributed by atoms with van der Waals surface area (Å²) >= 11 is 0. The molecule has 9 nitrogen and oxygen atoms in total. The number of amides is 2. The second kappa shape index (κ2) is 9.41. The average Bonchev–Trinajstić information content (AvgIpc) is 3.01. The lowest BCUT2D eigenvalue weighted by Crippen LogP contribution is -2.30. The number of anilines is 1. The van der Waals surface area contributed by atoms with Gasteiger partial charge in [-0.2, -0.15) is 0 Å². The minimum Gasteiger partial charge on any atom is -0.493 e. The van der Waals surface area contributed by atoms with Gasteiger partial charge in [0.15, 0.2) is 11.5 Å². The highest BCUT2D eigenvalue weighted by molar-refractivity contribution is 6.03. The maximum Gasteiger partial charge on any atom is 0.337 e. The van der Waals surface area contributed by atoms with Gasteiger partial charge in [-0.15, -0.1) is 0 Å². The van der Waals surface area contributed by atoms with Crippen LogP contribution in [0, 0.1) is 5.92 Å². The standard InChI is InChI=1S/C19H27N3O6/c1-21(2)6-5-7-22-11-12(8-17(22)23)18(24)20-14-10-16(28-4)15(27-3)9-13(14)19(25)26/h9-10,12H,5-8,11H2,1-4H3,(H,20,24)(H,25,26). The van der Waals surface area contributed by atoms with Gasteiger partial charge in [0.05, 0.1) is 31.4 Å². The highest BCUT2D eigenvalue weighted by Gasteiger charge is 2.34. The molecule has 28 heavy (non-hydrogen) atoms. The Kier molecular flexibility index (Phi) is 7.22. The van der Waals surface area contributed by atoms with E-state index in [0.29, 0.717) is 18.8 Å². The number of hydrogen-bond donors (Lipinski definition) is 2. The Balaban J connectivity index is 2.10. The topological polar surface area (TPSA) is 108 Å². The summed E-state index contributed by atoms with van der Waals surface area (Å²) in [5.41, 5.74) is -0.00757. The number of aromatic carboxylic acids is 1. The monoisotopic (exact) mass is 393 g/mol. The molecule has 0 saturated carbocycles. The van der Waals surface area contributed by atoms with E-state index in [1.54, 1.807) is 4.90 Å². The van der Waals surface area contributed by atoms with Gasteiger partial charge in [0.25, 0.3) is 0 Å². The van der Waals surface area contributed by atoms with Crippen molar-refractivity contribution in [1.29, 1.82) is 0 Å². The average molecular weight is 393 g/mol. The molecule has 1 atom stereocenters. The molecule has 1 aliphatic heterocycles. The third kappa shape index (κ3) is 5.13. The Morgan fingerprint density at radius 3 is 2.46 bits per heavy atom. The predicted molar refractivity (Wildman–Crippen MR) is 103 cm³/mol. The number of carboxylic acids is 1. The Labute approximate surface area is 164 Å². The number of carboxylic acid groups (broad SMARTS) is 1. The molecule has 1 aliphatic rings. The van der Waals surface area contributed by atoms with Crippen molar-refractivity contribution in [3.8, 4) is 11.5 Å². The summed E-state index contributed by atoms with van der Waals surface area (Å²) in [7, 11) is 6.75. The van der Waals surface area contributed by atoms with Gasteiger partial charge in [0, 0.05) is 31.6 Å². The van der Waals surface area contributed by atoms with Crippen molar-refractivity contribution < 1.29 is 29.0 Å². The van der Waals surface area contributed by atoms with Crippen molar-refractivity contribution in [3.63, 3.8) is 0 Å². The molecular formula is C19H27N3O6. The maximum absolute atomic E-state index is 12.7. The molecule has 9 heteroatoms. The molecule has 154 valence electrons. The summed E-state index contributed by atoms with van der Waals surface area (Å²) in [6.45, 7) is 1.78. The highest BCUT2D eigenvalue weighted by Crippen LogP contribution is 2.34. The summed E-state index contributed by atoms with van der Waals surface area (Å²) in [6, 6.07) is 2.70. The van der Waals surface area contributed by atoms with Crippen LogP contribution in [0.1, 0.15) is 23.2 Å². The SMILES string of the molecule is COc1cc(NC(=O)C2CC(=O)N(CCCN(C)C)C2)c(C(=O)O)cc1OC. The molecule has 1 heterocycles. The third-order valence-corrected chi connectivity index (χ3v) is 4.63. The molecule has 0 aromatic heterocycles. The molecule has 1 aromatic carbocycles. The number of likely N-dealkylation sites (tertiary alicyclic amines) is 1. The number of nitrogens with zero attached hydrogens (tertiary/aromatic N) is 2. The van der Waals surface area contributed by atoms with Crippen LogP contribution in [0.5, 0.6) is 11.5 Å². The fraction of sp³-hybridized carbons (Fsp3) is 0.526. The van der Waals surface area contributed by atoms with E-state index in [0.717, 1.165) is 13.0 Å². The quantitative estimate of drug-likeness (QED) is 0.648. The maximum atomic E-state index is 12.7. The number of benzene rings is 1. The van der Waals surface area contributed by atoms with E-state index in [-0.39, 0.29) is 29.3 Å². The first kappa shape index (κ1) is 21.5. The van der Waals surface area contributed by atoms with Crippen LogP contribution in [-0.4, -0.2) is 80.6 Å². The van der Waals surface area contributed by atoms with Gasteiger partial charge in [0.1, 0.15) is 0 Å². The molecule has 2 amide bonds. The van der Waals surface area contributed by atoms with Crippen LogP contribution in [-0.2, 0) is 9.59 Å². The zero-order valence-corrected chi connectivity index (χ0v) is 16.7. The van der Waals surface area contributed by atoms with E-state index in [1.807, 2.05) is 19.0 Å². The molecule has 1 unspecified atom stereocenters. The van der Waals surface area contributed by atoms with Crippen LogP contribution < -0.4 is 14.8 Å². The first-order chi connectivity index (χ1) is 13.3. The van der Waals surface area contributed by atoms with Crippen LogP contribution in [0.2, 0.25) is 0 Å². The Morgan fingerprint density at radius 1 is 1.25 bits per heavy atom. The molecule has 1 aromatic rings. The van der Waals surface area contributed by atoms with Crippen molar-refractivity contribution in [3.05, 3.63) is 17.7 Å². The number of hydrogen-bond acceptors (Lipinski definition) is 6. The lowest BCUT2D eigenvalue weighted by molar-refractivity contribution is -0.128. The molecular weight excluding hydrogens is 366 g/mol.